The monoisotopic (exact) mass is 309 g/mol. The van der Waals surface area contributed by atoms with E-state index in [-0.39, 0.29) is 5.56 Å². The van der Waals surface area contributed by atoms with Crippen LogP contribution in [0, 0.1) is 13.8 Å². The van der Waals surface area contributed by atoms with Crippen LogP contribution in [0.5, 0.6) is 0 Å². The summed E-state index contributed by atoms with van der Waals surface area (Å²) in [7, 11) is 0. The van der Waals surface area contributed by atoms with Gasteiger partial charge in [0.15, 0.2) is 0 Å². The molecule has 0 fully saturated rings. The number of hydrogen-bond donors (Lipinski definition) is 2. The van der Waals surface area contributed by atoms with Gasteiger partial charge in [0, 0.05) is 15.7 Å². The Morgan fingerprint density at radius 1 is 1.39 bits per heavy atom. The summed E-state index contributed by atoms with van der Waals surface area (Å²) in [5, 5.41) is 2.85. The summed E-state index contributed by atoms with van der Waals surface area (Å²) in [6.45, 7) is 4.43. The van der Waals surface area contributed by atoms with E-state index in [1.165, 1.54) is 0 Å². The van der Waals surface area contributed by atoms with Gasteiger partial charge < -0.3 is 5.73 Å². The van der Waals surface area contributed by atoms with E-state index in [1.807, 2.05) is 32.0 Å². The molecule has 0 spiro atoms. The van der Waals surface area contributed by atoms with Crippen molar-refractivity contribution in [3.63, 3.8) is 0 Å². The van der Waals surface area contributed by atoms with Crippen LogP contribution in [0.2, 0.25) is 0 Å². The Labute approximate surface area is 114 Å². The van der Waals surface area contributed by atoms with E-state index in [0.717, 1.165) is 27.0 Å². The minimum absolute atomic E-state index is 0.0605. The molecule has 0 aliphatic rings. The quantitative estimate of drug-likeness (QED) is 0.911. The third-order valence-electron chi connectivity index (χ3n) is 3.07. The Morgan fingerprint density at radius 3 is 2.72 bits per heavy atom. The van der Waals surface area contributed by atoms with Crippen molar-refractivity contribution in [2.45, 2.75) is 20.3 Å². The minimum Gasteiger partial charge on any atom is -0.330 e. The molecule has 3 N–H and O–H groups in total. The second-order valence-electron chi connectivity index (χ2n) is 4.31. The lowest BCUT2D eigenvalue weighted by Crippen LogP contribution is -2.12. The van der Waals surface area contributed by atoms with E-state index in [9.17, 15) is 4.79 Å². The summed E-state index contributed by atoms with van der Waals surface area (Å²) in [6.07, 6.45) is 0.598. The molecule has 0 atom stereocenters. The van der Waals surface area contributed by atoms with Gasteiger partial charge in [0.1, 0.15) is 0 Å². The smallest absolute Gasteiger partial charge is 0.267 e. The molecule has 4 nitrogen and oxygen atoms in total. The molecule has 0 unspecified atom stereocenters. The van der Waals surface area contributed by atoms with Gasteiger partial charge in [-0.1, -0.05) is 22.0 Å². The molecule has 1 aromatic heterocycles. The van der Waals surface area contributed by atoms with Gasteiger partial charge in [0.05, 0.1) is 5.69 Å². The summed E-state index contributed by atoms with van der Waals surface area (Å²) in [5.74, 6) is 0. The lowest BCUT2D eigenvalue weighted by atomic mass is 10.2. The lowest BCUT2D eigenvalue weighted by Gasteiger charge is -2.08. The summed E-state index contributed by atoms with van der Waals surface area (Å²) in [6, 6.07) is 5.99. The lowest BCUT2D eigenvalue weighted by molar-refractivity contribution is 0.831. The van der Waals surface area contributed by atoms with Gasteiger partial charge in [0.25, 0.3) is 5.56 Å². The topological polar surface area (TPSA) is 63.8 Å². The maximum atomic E-state index is 11.8. The van der Waals surface area contributed by atoms with Crippen molar-refractivity contribution in [1.29, 1.82) is 0 Å². The predicted molar refractivity (Wildman–Crippen MR) is 76.3 cm³/mol. The Balaban J connectivity index is 2.54. The maximum Gasteiger partial charge on any atom is 0.267 e. The third-order valence-corrected chi connectivity index (χ3v) is 3.92. The van der Waals surface area contributed by atoms with E-state index in [1.54, 1.807) is 4.68 Å². The molecular weight excluding hydrogens is 294 g/mol. The fourth-order valence-electron chi connectivity index (χ4n) is 1.97. The summed E-state index contributed by atoms with van der Waals surface area (Å²) in [5.41, 5.74) is 9.23. The fourth-order valence-corrected chi connectivity index (χ4v) is 2.34. The molecule has 0 saturated heterocycles. The molecule has 0 saturated carbocycles. The largest absolute Gasteiger partial charge is 0.330 e. The van der Waals surface area contributed by atoms with Crippen molar-refractivity contribution in [1.82, 2.24) is 9.78 Å². The molecule has 0 bridgehead atoms. The van der Waals surface area contributed by atoms with Gasteiger partial charge >= 0.3 is 0 Å². The van der Waals surface area contributed by atoms with E-state index >= 15 is 0 Å². The number of aromatic amines is 1. The minimum atomic E-state index is -0.0605. The highest BCUT2D eigenvalue weighted by Gasteiger charge is 2.11. The van der Waals surface area contributed by atoms with Crippen LogP contribution in [0.3, 0.4) is 0 Å². The average molecular weight is 310 g/mol. The van der Waals surface area contributed by atoms with Gasteiger partial charge in [-0.25, -0.2) is 0 Å². The molecular formula is C13H16BrN3O. The number of nitrogens with two attached hydrogens (primary N) is 1. The van der Waals surface area contributed by atoms with Crippen molar-refractivity contribution in [2.75, 3.05) is 6.54 Å². The normalized spacial score (nSPS) is 10.9. The Kier molecular flexibility index (Phi) is 3.73. The maximum absolute atomic E-state index is 11.8. The fraction of sp³-hybridized carbons (Fsp3) is 0.308. The molecule has 1 aromatic carbocycles. The van der Waals surface area contributed by atoms with Crippen molar-refractivity contribution < 1.29 is 0 Å². The highest BCUT2D eigenvalue weighted by Crippen LogP contribution is 2.20. The van der Waals surface area contributed by atoms with Gasteiger partial charge in [-0.2, -0.15) is 0 Å². The summed E-state index contributed by atoms with van der Waals surface area (Å²) in [4.78, 5) is 11.8. The molecule has 96 valence electrons. The molecule has 2 rings (SSSR count). The zero-order chi connectivity index (χ0) is 13.3. The molecule has 5 heteroatoms. The molecule has 1 heterocycles. The first kappa shape index (κ1) is 13.1. The number of nitrogens with one attached hydrogen (secondary N) is 1. The van der Waals surface area contributed by atoms with Crippen molar-refractivity contribution in [2.24, 2.45) is 5.73 Å². The first-order valence-corrected chi connectivity index (χ1v) is 6.61. The number of halogens is 1. The SMILES string of the molecule is Cc1ccc(-n2[nH]c(=O)c(CCN)c2C)cc1Br. The van der Waals surface area contributed by atoms with Gasteiger partial charge in [-0.05, 0) is 44.5 Å². The molecule has 2 aromatic rings. The molecule has 18 heavy (non-hydrogen) atoms. The number of nitrogens with zero attached hydrogens (tertiary/aromatic N) is 1. The van der Waals surface area contributed by atoms with Crippen LogP contribution in [0.25, 0.3) is 5.69 Å². The third kappa shape index (κ3) is 2.28. The number of aromatic nitrogens is 2. The highest BCUT2D eigenvalue weighted by atomic mass is 79.9. The van der Waals surface area contributed by atoms with Crippen LogP contribution >= 0.6 is 15.9 Å². The molecule has 0 aliphatic carbocycles. The first-order valence-electron chi connectivity index (χ1n) is 5.81. The van der Waals surface area contributed by atoms with Crippen molar-refractivity contribution >= 4 is 15.9 Å². The van der Waals surface area contributed by atoms with Crippen LogP contribution in [0.1, 0.15) is 16.8 Å². The second-order valence-corrected chi connectivity index (χ2v) is 5.17. The van der Waals surface area contributed by atoms with E-state index in [2.05, 4.69) is 21.0 Å². The summed E-state index contributed by atoms with van der Waals surface area (Å²) < 4.78 is 2.83. The van der Waals surface area contributed by atoms with Gasteiger partial charge in [-0.15, -0.1) is 0 Å². The van der Waals surface area contributed by atoms with Crippen LogP contribution in [-0.4, -0.2) is 16.3 Å². The van der Waals surface area contributed by atoms with Crippen molar-refractivity contribution in [3.05, 3.63) is 49.8 Å². The summed E-state index contributed by atoms with van der Waals surface area (Å²) >= 11 is 3.50. The van der Waals surface area contributed by atoms with Crippen LogP contribution in [-0.2, 0) is 6.42 Å². The molecule has 0 amide bonds. The van der Waals surface area contributed by atoms with Crippen LogP contribution < -0.4 is 11.3 Å². The van der Waals surface area contributed by atoms with E-state index in [4.69, 9.17) is 5.73 Å². The van der Waals surface area contributed by atoms with Gasteiger partial charge in [-0.3, -0.25) is 14.6 Å². The number of H-pyrrole nitrogens is 1. The zero-order valence-corrected chi connectivity index (χ0v) is 12.0. The zero-order valence-electron chi connectivity index (χ0n) is 10.5. The molecule has 0 radical (unpaired) electrons. The van der Waals surface area contributed by atoms with E-state index in [0.29, 0.717) is 13.0 Å². The first-order chi connectivity index (χ1) is 8.54. The standard InChI is InChI=1S/C13H16BrN3O/c1-8-3-4-10(7-12(8)14)17-9(2)11(5-6-15)13(18)16-17/h3-4,7H,5-6,15H2,1-2H3,(H,16,18). The Bertz CT molecular complexity index is 628. The number of benzene rings is 1. The molecule has 0 aliphatic heterocycles. The number of rotatable bonds is 3. The number of hydrogen-bond acceptors (Lipinski definition) is 2. The predicted octanol–water partition coefficient (Wildman–Crippen LogP) is 2.05. The number of aryl methyl sites for hydroxylation is 1. The van der Waals surface area contributed by atoms with Crippen molar-refractivity contribution in [3.8, 4) is 5.69 Å². The van der Waals surface area contributed by atoms with Gasteiger partial charge in [0.2, 0.25) is 0 Å². The van der Waals surface area contributed by atoms with E-state index < -0.39 is 0 Å². The van der Waals surface area contributed by atoms with Crippen LogP contribution in [0.15, 0.2) is 27.5 Å². The second kappa shape index (κ2) is 5.12. The van der Waals surface area contributed by atoms with Crippen LogP contribution in [0.4, 0.5) is 0 Å². The highest BCUT2D eigenvalue weighted by molar-refractivity contribution is 9.10. The Hall–Kier alpha value is -1.33. The Morgan fingerprint density at radius 2 is 2.11 bits per heavy atom. The average Bonchev–Trinajstić information content (AvgIpc) is 2.61.